The third-order valence-electron chi connectivity index (χ3n) is 2.86. The van der Waals surface area contributed by atoms with Crippen LogP contribution in [0.1, 0.15) is 43.6 Å². The average molecular weight is 213 g/mol. The third kappa shape index (κ3) is 2.01. The molecule has 0 unspecified atom stereocenters. The smallest absolute Gasteiger partial charge is 0.337 e. The molecule has 3 heteroatoms. The summed E-state index contributed by atoms with van der Waals surface area (Å²) < 4.78 is 4.87. The molecule has 0 amide bonds. The van der Waals surface area contributed by atoms with Gasteiger partial charge in [-0.15, -0.1) is 0 Å². The van der Waals surface area contributed by atoms with E-state index in [0.29, 0.717) is 5.92 Å². The van der Waals surface area contributed by atoms with Gasteiger partial charge in [0.2, 0.25) is 5.22 Å². The highest BCUT2D eigenvalue weighted by Crippen LogP contribution is 2.35. The molecule has 1 heterocycles. The lowest BCUT2D eigenvalue weighted by molar-refractivity contribution is 0.426. The van der Waals surface area contributed by atoms with Crippen LogP contribution in [0.15, 0.2) is 21.3 Å². The predicted octanol–water partition coefficient (Wildman–Crippen LogP) is 3.34. The fourth-order valence-electron chi connectivity index (χ4n) is 2.11. The number of halogens is 1. The monoisotopic (exact) mass is 212 g/mol. The Morgan fingerprint density at radius 1 is 1.21 bits per heavy atom. The van der Waals surface area contributed by atoms with Gasteiger partial charge in [0.05, 0.1) is 0 Å². The van der Waals surface area contributed by atoms with Crippen LogP contribution in [0.4, 0.5) is 0 Å². The SMILES string of the molecule is O=c1ccc(C2CCCCC2)c(Cl)o1. The zero-order valence-electron chi connectivity index (χ0n) is 7.96. The second kappa shape index (κ2) is 4.18. The Balaban J connectivity index is 2.26. The first-order chi connectivity index (χ1) is 6.77. The van der Waals surface area contributed by atoms with E-state index in [0.717, 1.165) is 18.4 Å². The van der Waals surface area contributed by atoms with Crippen molar-refractivity contribution in [2.24, 2.45) is 0 Å². The number of hydrogen-bond donors (Lipinski definition) is 0. The first kappa shape index (κ1) is 9.78. The van der Waals surface area contributed by atoms with Crippen molar-refractivity contribution in [3.8, 4) is 0 Å². The summed E-state index contributed by atoms with van der Waals surface area (Å²) in [5.41, 5.74) is 0.639. The second-order valence-corrected chi connectivity index (χ2v) is 4.16. The molecule has 1 aliphatic carbocycles. The van der Waals surface area contributed by atoms with E-state index in [1.54, 1.807) is 0 Å². The van der Waals surface area contributed by atoms with Gasteiger partial charge in [-0.05, 0) is 36.4 Å². The van der Waals surface area contributed by atoms with Crippen molar-refractivity contribution in [2.75, 3.05) is 0 Å². The van der Waals surface area contributed by atoms with Gasteiger partial charge in [-0.2, -0.15) is 0 Å². The second-order valence-electron chi connectivity index (χ2n) is 3.82. The van der Waals surface area contributed by atoms with E-state index >= 15 is 0 Å². The van der Waals surface area contributed by atoms with Gasteiger partial charge in [0, 0.05) is 11.6 Å². The Hall–Kier alpha value is -0.760. The van der Waals surface area contributed by atoms with E-state index in [9.17, 15) is 4.79 Å². The summed E-state index contributed by atoms with van der Waals surface area (Å²) in [4.78, 5) is 10.9. The minimum absolute atomic E-state index is 0.282. The highest BCUT2D eigenvalue weighted by Gasteiger charge is 2.19. The lowest BCUT2D eigenvalue weighted by Crippen LogP contribution is -2.07. The number of hydrogen-bond acceptors (Lipinski definition) is 2. The van der Waals surface area contributed by atoms with Crippen LogP contribution in [-0.4, -0.2) is 0 Å². The normalized spacial score (nSPS) is 18.4. The van der Waals surface area contributed by atoms with E-state index in [-0.39, 0.29) is 10.8 Å². The van der Waals surface area contributed by atoms with Gasteiger partial charge in [-0.3, -0.25) is 0 Å². The van der Waals surface area contributed by atoms with Crippen LogP contribution in [0.2, 0.25) is 5.22 Å². The van der Waals surface area contributed by atoms with Gasteiger partial charge in [-0.1, -0.05) is 19.3 Å². The highest BCUT2D eigenvalue weighted by atomic mass is 35.5. The molecule has 0 aromatic carbocycles. The molecule has 0 saturated heterocycles. The lowest BCUT2D eigenvalue weighted by Gasteiger charge is -2.21. The molecule has 0 aliphatic heterocycles. The van der Waals surface area contributed by atoms with Crippen LogP contribution in [0.5, 0.6) is 0 Å². The molecule has 14 heavy (non-hydrogen) atoms. The van der Waals surface area contributed by atoms with Crippen LogP contribution in [-0.2, 0) is 0 Å². The molecule has 0 atom stereocenters. The molecule has 2 rings (SSSR count). The van der Waals surface area contributed by atoms with E-state index in [1.165, 1.54) is 25.3 Å². The maximum Gasteiger partial charge on any atom is 0.337 e. The summed E-state index contributed by atoms with van der Waals surface area (Å²) in [6.07, 6.45) is 6.13. The minimum Gasteiger partial charge on any atom is -0.411 e. The van der Waals surface area contributed by atoms with Gasteiger partial charge in [0.1, 0.15) is 0 Å². The predicted molar refractivity (Wildman–Crippen MR) is 55.8 cm³/mol. The third-order valence-corrected chi connectivity index (χ3v) is 3.16. The van der Waals surface area contributed by atoms with Crippen molar-refractivity contribution < 1.29 is 4.42 Å². The Morgan fingerprint density at radius 3 is 2.57 bits per heavy atom. The Labute approximate surface area is 87.9 Å². The van der Waals surface area contributed by atoms with Crippen LogP contribution in [0.3, 0.4) is 0 Å². The fourth-order valence-corrected chi connectivity index (χ4v) is 2.41. The van der Waals surface area contributed by atoms with Gasteiger partial charge < -0.3 is 4.42 Å². The molecule has 0 bridgehead atoms. The first-order valence-electron chi connectivity index (χ1n) is 5.07. The molecule has 0 spiro atoms. The van der Waals surface area contributed by atoms with Crippen molar-refractivity contribution in [2.45, 2.75) is 38.0 Å². The lowest BCUT2D eigenvalue weighted by atomic mass is 9.85. The van der Waals surface area contributed by atoms with Crippen LogP contribution in [0, 0.1) is 0 Å². The molecule has 1 saturated carbocycles. The summed E-state index contributed by atoms with van der Waals surface area (Å²) in [7, 11) is 0. The minimum atomic E-state index is -0.366. The summed E-state index contributed by atoms with van der Waals surface area (Å²) in [6, 6.07) is 3.26. The van der Waals surface area contributed by atoms with Gasteiger partial charge in [-0.25, -0.2) is 4.79 Å². The maximum absolute atomic E-state index is 10.9. The summed E-state index contributed by atoms with van der Waals surface area (Å²) >= 11 is 5.90. The van der Waals surface area contributed by atoms with Crippen molar-refractivity contribution in [3.63, 3.8) is 0 Å². The van der Waals surface area contributed by atoms with Gasteiger partial charge >= 0.3 is 5.63 Å². The van der Waals surface area contributed by atoms with Crippen molar-refractivity contribution in [3.05, 3.63) is 33.3 Å². The maximum atomic E-state index is 10.9. The first-order valence-corrected chi connectivity index (χ1v) is 5.45. The standard InChI is InChI=1S/C11H13ClO2/c12-11-9(6-7-10(13)14-11)8-4-2-1-3-5-8/h6-8H,1-5H2. The highest BCUT2D eigenvalue weighted by molar-refractivity contribution is 6.29. The van der Waals surface area contributed by atoms with E-state index in [2.05, 4.69) is 0 Å². The summed E-state index contributed by atoms with van der Waals surface area (Å²) in [5.74, 6) is 0.487. The summed E-state index contributed by atoms with van der Waals surface area (Å²) in [5, 5.41) is 0.282. The number of rotatable bonds is 1. The molecule has 2 nitrogen and oxygen atoms in total. The van der Waals surface area contributed by atoms with Crippen LogP contribution in [0.25, 0.3) is 0 Å². The average Bonchev–Trinajstić information content (AvgIpc) is 2.19. The Morgan fingerprint density at radius 2 is 1.93 bits per heavy atom. The van der Waals surface area contributed by atoms with Crippen LogP contribution >= 0.6 is 11.6 Å². The van der Waals surface area contributed by atoms with E-state index in [1.807, 2.05) is 6.07 Å². The molecule has 1 aromatic heterocycles. The summed E-state index contributed by atoms with van der Waals surface area (Å²) in [6.45, 7) is 0. The topological polar surface area (TPSA) is 30.2 Å². The van der Waals surface area contributed by atoms with Crippen LogP contribution < -0.4 is 5.63 Å². The molecule has 1 aromatic rings. The van der Waals surface area contributed by atoms with Crippen molar-refractivity contribution in [1.82, 2.24) is 0 Å². The fraction of sp³-hybridized carbons (Fsp3) is 0.545. The molecule has 1 aliphatic rings. The van der Waals surface area contributed by atoms with Gasteiger partial charge in [0.15, 0.2) is 0 Å². The molecule has 0 N–H and O–H groups in total. The molecule has 1 fully saturated rings. The Kier molecular flexibility index (Phi) is 2.92. The van der Waals surface area contributed by atoms with Crippen molar-refractivity contribution >= 4 is 11.6 Å². The van der Waals surface area contributed by atoms with Gasteiger partial charge in [0.25, 0.3) is 0 Å². The molecular weight excluding hydrogens is 200 g/mol. The zero-order valence-corrected chi connectivity index (χ0v) is 8.72. The zero-order chi connectivity index (χ0) is 9.97. The Bertz CT molecular complexity index is 364. The van der Waals surface area contributed by atoms with E-state index < -0.39 is 0 Å². The molecular formula is C11H13ClO2. The molecule has 76 valence electrons. The van der Waals surface area contributed by atoms with E-state index in [4.69, 9.17) is 16.0 Å². The largest absolute Gasteiger partial charge is 0.411 e. The quantitative estimate of drug-likeness (QED) is 0.715. The molecule has 0 radical (unpaired) electrons. The van der Waals surface area contributed by atoms with Crippen molar-refractivity contribution in [1.29, 1.82) is 0 Å².